The van der Waals surface area contributed by atoms with E-state index in [-0.39, 0.29) is 11.5 Å². The molecule has 1 saturated carbocycles. The summed E-state index contributed by atoms with van der Waals surface area (Å²) >= 11 is 12.4. The van der Waals surface area contributed by atoms with E-state index in [1.165, 1.54) is 11.1 Å². The number of hydrogen-bond donors (Lipinski definition) is 1. The van der Waals surface area contributed by atoms with Crippen LogP contribution in [0.4, 0.5) is 0 Å². The highest BCUT2D eigenvalue weighted by Gasteiger charge is 2.43. The number of aliphatic hydroxyl groups is 1. The van der Waals surface area contributed by atoms with Gasteiger partial charge in [-0.25, -0.2) is 0 Å². The lowest BCUT2D eigenvalue weighted by atomic mass is 9.60. The van der Waals surface area contributed by atoms with E-state index in [4.69, 9.17) is 23.2 Å². The fraction of sp³-hybridized carbons (Fsp3) is 0.478. The lowest BCUT2D eigenvalue weighted by Gasteiger charge is -2.47. The summed E-state index contributed by atoms with van der Waals surface area (Å²) in [6.45, 7) is 0.977. The normalized spacial score (nSPS) is 25.7. The van der Waals surface area contributed by atoms with Crippen LogP contribution in [-0.2, 0) is 12.8 Å². The Kier molecular flexibility index (Phi) is 6.86. The maximum atomic E-state index is 10.4. The van der Waals surface area contributed by atoms with Crippen LogP contribution in [0.15, 0.2) is 48.5 Å². The minimum atomic E-state index is -0.201. The third-order valence-corrected chi connectivity index (χ3v) is 6.39. The van der Waals surface area contributed by atoms with E-state index in [0.717, 1.165) is 48.7 Å². The topological polar surface area (TPSA) is 23.5 Å². The molecule has 0 bridgehead atoms. The predicted octanol–water partition coefficient (Wildman–Crippen LogP) is 5.49. The molecular formula is C23H29Cl2NO. The van der Waals surface area contributed by atoms with Crippen molar-refractivity contribution in [1.82, 2.24) is 4.90 Å². The van der Waals surface area contributed by atoms with Gasteiger partial charge in [0.25, 0.3) is 0 Å². The first kappa shape index (κ1) is 20.7. The summed E-state index contributed by atoms with van der Waals surface area (Å²) in [5, 5.41) is 11.9. The molecular weight excluding hydrogens is 377 g/mol. The molecule has 0 radical (unpaired) electrons. The number of benzene rings is 2. The lowest BCUT2D eigenvalue weighted by Crippen LogP contribution is -2.46. The molecule has 4 heteroatoms. The molecule has 0 aromatic heterocycles. The zero-order valence-electron chi connectivity index (χ0n) is 16.2. The quantitative estimate of drug-likeness (QED) is 0.686. The summed E-state index contributed by atoms with van der Waals surface area (Å²) in [5.41, 5.74) is 2.68. The third kappa shape index (κ3) is 5.48. The molecule has 2 aromatic carbocycles. The molecule has 27 heavy (non-hydrogen) atoms. The summed E-state index contributed by atoms with van der Waals surface area (Å²) in [6, 6.07) is 16.5. The molecule has 2 nitrogen and oxygen atoms in total. The van der Waals surface area contributed by atoms with Gasteiger partial charge in [0.05, 0.1) is 6.10 Å². The van der Waals surface area contributed by atoms with Crippen molar-refractivity contribution in [3.05, 3.63) is 69.7 Å². The molecule has 3 rings (SSSR count). The van der Waals surface area contributed by atoms with E-state index in [9.17, 15) is 5.11 Å². The highest BCUT2D eigenvalue weighted by Crippen LogP contribution is 2.47. The van der Waals surface area contributed by atoms with Crippen LogP contribution in [0.2, 0.25) is 10.0 Å². The average molecular weight is 406 g/mol. The molecule has 0 amide bonds. The zero-order valence-corrected chi connectivity index (χ0v) is 17.7. The van der Waals surface area contributed by atoms with Crippen LogP contribution in [0.5, 0.6) is 0 Å². The molecule has 0 heterocycles. The highest BCUT2D eigenvalue weighted by atomic mass is 35.5. The van der Waals surface area contributed by atoms with Crippen LogP contribution in [0, 0.1) is 11.3 Å². The van der Waals surface area contributed by atoms with Gasteiger partial charge < -0.3 is 10.0 Å². The molecule has 1 N–H and O–H groups in total. The molecule has 146 valence electrons. The van der Waals surface area contributed by atoms with Crippen LogP contribution in [0.3, 0.4) is 0 Å². The van der Waals surface area contributed by atoms with Gasteiger partial charge in [0.2, 0.25) is 0 Å². The number of halogens is 2. The Labute approximate surface area is 173 Å². The van der Waals surface area contributed by atoms with Crippen molar-refractivity contribution in [2.75, 3.05) is 20.6 Å². The van der Waals surface area contributed by atoms with Gasteiger partial charge in [-0.2, -0.15) is 0 Å². The molecule has 0 aliphatic heterocycles. The minimum Gasteiger partial charge on any atom is -0.393 e. The van der Waals surface area contributed by atoms with Gasteiger partial charge in [-0.15, -0.1) is 0 Å². The summed E-state index contributed by atoms with van der Waals surface area (Å²) in [4.78, 5) is 2.25. The Morgan fingerprint density at radius 3 is 2.37 bits per heavy atom. The molecule has 3 unspecified atom stereocenters. The van der Waals surface area contributed by atoms with Crippen LogP contribution >= 0.6 is 23.2 Å². The van der Waals surface area contributed by atoms with Gasteiger partial charge in [0.15, 0.2) is 0 Å². The standard InChI is InChI=1S/C23H29Cl2NO/c1-26(2)16-19-13-22(27)10-11-23(19,14-17-6-8-20(24)9-7-17)15-18-4-3-5-21(25)12-18/h3-9,12,19,22,27H,10-11,13-16H2,1-2H3. The molecule has 1 fully saturated rings. The first-order valence-electron chi connectivity index (χ1n) is 9.68. The maximum absolute atomic E-state index is 10.4. The van der Waals surface area contributed by atoms with Gasteiger partial charge in [-0.1, -0.05) is 47.5 Å². The Hall–Kier alpha value is -1.06. The van der Waals surface area contributed by atoms with Crippen molar-refractivity contribution < 1.29 is 5.11 Å². The number of aliphatic hydroxyl groups excluding tert-OH is 1. The molecule has 1 aliphatic rings. The van der Waals surface area contributed by atoms with Crippen molar-refractivity contribution in [3.8, 4) is 0 Å². The Morgan fingerprint density at radius 1 is 1.00 bits per heavy atom. The van der Waals surface area contributed by atoms with Crippen molar-refractivity contribution in [1.29, 1.82) is 0 Å². The molecule has 1 aliphatic carbocycles. The Balaban J connectivity index is 1.96. The van der Waals surface area contributed by atoms with Crippen molar-refractivity contribution in [3.63, 3.8) is 0 Å². The number of nitrogens with zero attached hydrogens (tertiary/aromatic N) is 1. The van der Waals surface area contributed by atoms with E-state index < -0.39 is 0 Å². The third-order valence-electron chi connectivity index (χ3n) is 5.90. The summed E-state index contributed by atoms with van der Waals surface area (Å²) < 4.78 is 0. The van der Waals surface area contributed by atoms with Gasteiger partial charge in [0.1, 0.15) is 0 Å². The van der Waals surface area contributed by atoms with E-state index in [0.29, 0.717) is 5.92 Å². The number of hydrogen-bond acceptors (Lipinski definition) is 2. The van der Waals surface area contributed by atoms with Crippen molar-refractivity contribution in [2.45, 2.75) is 38.2 Å². The largest absolute Gasteiger partial charge is 0.393 e. The summed E-state index contributed by atoms with van der Waals surface area (Å²) in [7, 11) is 4.24. The molecule has 0 spiro atoms. The van der Waals surface area contributed by atoms with E-state index in [1.54, 1.807) is 0 Å². The van der Waals surface area contributed by atoms with Gasteiger partial charge >= 0.3 is 0 Å². The van der Waals surface area contributed by atoms with Crippen LogP contribution in [-0.4, -0.2) is 36.8 Å². The average Bonchev–Trinajstić information content (AvgIpc) is 2.60. The maximum Gasteiger partial charge on any atom is 0.0543 e. The number of rotatable bonds is 6. The Morgan fingerprint density at radius 2 is 1.70 bits per heavy atom. The zero-order chi connectivity index (χ0) is 19.4. The summed E-state index contributed by atoms with van der Waals surface area (Å²) in [5.74, 6) is 0.422. The first-order chi connectivity index (χ1) is 12.9. The molecule has 0 saturated heterocycles. The SMILES string of the molecule is CN(C)CC1CC(O)CCC1(Cc1ccc(Cl)cc1)Cc1cccc(Cl)c1. The van der Waals surface area contributed by atoms with Crippen molar-refractivity contribution in [2.24, 2.45) is 11.3 Å². The van der Waals surface area contributed by atoms with Gasteiger partial charge in [-0.05, 0) is 92.9 Å². The Bertz CT molecular complexity index is 744. The second-order valence-electron chi connectivity index (χ2n) is 8.36. The van der Waals surface area contributed by atoms with Gasteiger partial charge in [0, 0.05) is 16.6 Å². The van der Waals surface area contributed by atoms with Gasteiger partial charge in [-0.3, -0.25) is 0 Å². The van der Waals surface area contributed by atoms with Crippen LogP contribution in [0.1, 0.15) is 30.4 Å². The van der Waals surface area contributed by atoms with Crippen molar-refractivity contribution >= 4 is 23.2 Å². The molecule has 3 atom stereocenters. The lowest BCUT2D eigenvalue weighted by molar-refractivity contribution is -0.00343. The smallest absolute Gasteiger partial charge is 0.0543 e. The van der Waals surface area contributed by atoms with Crippen LogP contribution < -0.4 is 0 Å². The fourth-order valence-corrected chi connectivity index (χ4v) is 4.99. The van der Waals surface area contributed by atoms with E-state index >= 15 is 0 Å². The van der Waals surface area contributed by atoms with E-state index in [2.05, 4.69) is 43.3 Å². The minimum absolute atomic E-state index is 0.0992. The fourth-order valence-electron chi connectivity index (χ4n) is 4.65. The van der Waals surface area contributed by atoms with Crippen LogP contribution in [0.25, 0.3) is 0 Å². The highest BCUT2D eigenvalue weighted by molar-refractivity contribution is 6.30. The second kappa shape index (κ2) is 8.96. The first-order valence-corrected chi connectivity index (χ1v) is 10.4. The summed E-state index contributed by atoms with van der Waals surface area (Å²) in [6.07, 6.45) is 4.49. The monoisotopic (exact) mass is 405 g/mol. The second-order valence-corrected chi connectivity index (χ2v) is 9.23. The van der Waals surface area contributed by atoms with E-state index in [1.807, 2.05) is 24.3 Å². The molecule has 2 aromatic rings. The predicted molar refractivity (Wildman–Crippen MR) is 115 cm³/mol.